The molecule has 2 aliphatic rings. The Balaban J connectivity index is 2.25. The predicted molar refractivity (Wildman–Crippen MR) is 132 cm³/mol. The standard InChI is InChI=1S/C26H44N4O2/c1-10-11-12-20(28-22-15-25(6,7)30(19-32)26(8,9)16-22)17-27-21-13-23(2,3)29(18-31)24(4,5)14-21/h18-19,21-22H,1,10-16H2,2-9H3. The van der Waals surface area contributed by atoms with Gasteiger partial charge in [0, 0.05) is 22.2 Å². The summed E-state index contributed by atoms with van der Waals surface area (Å²) in [6.07, 6.45) is 11.1. The van der Waals surface area contributed by atoms with E-state index in [1.807, 2.05) is 9.80 Å². The highest BCUT2D eigenvalue weighted by Crippen LogP contribution is 2.39. The van der Waals surface area contributed by atoms with E-state index >= 15 is 0 Å². The van der Waals surface area contributed by atoms with Gasteiger partial charge in [-0.05, 0) is 93.9 Å². The molecule has 0 atom stereocenters. The van der Waals surface area contributed by atoms with Gasteiger partial charge in [-0.1, -0.05) is 13.3 Å². The number of unbranched alkanes of at least 4 members (excludes halogenated alkanes) is 1. The summed E-state index contributed by atoms with van der Waals surface area (Å²) in [6, 6.07) is 0.231. The Bertz CT molecular complexity index is 700. The lowest BCUT2D eigenvalue weighted by Crippen LogP contribution is -2.61. The molecule has 0 spiro atoms. The van der Waals surface area contributed by atoms with Crippen molar-refractivity contribution in [2.24, 2.45) is 9.98 Å². The maximum absolute atomic E-state index is 11.7. The zero-order valence-electron chi connectivity index (χ0n) is 21.6. The molecule has 2 fully saturated rings. The van der Waals surface area contributed by atoms with E-state index in [-0.39, 0.29) is 34.2 Å². The van der Waals surface area contributed by atoms with Gasteiger partial charge in [0.15, 0.2) is 0 Å². The zero-order chi connectivity index (χ0) is 24.4. The van der Waals surface area contributed by atoms with Gasteiger partial charge in [-0.15, -0.1) is 0 Å². The first-order valence-corrected chi connectivity index (χ1v) is 12.0. The molecule has 32 heavy (non-hydrogen) atoms. The quantitative estimate of drug-likeness (QED) is 0.401. The smallest absolute Gasteiger partial charge is 0.210 e. The molecule has 0 aliphatic carbocycles. The van der Waals surface area contributed by atoms with Crippen molar-refractivity contribution in [3.8, 4) is 0 Å². The predicted octanol–water partition coefficient (Wildman–Crippen LogP) is 4.74. The van der Waals surface area contributed by atoms with Crippen LogP contribution >= 0.6 is 0 Å². The zero-order valence-corrected chi connectivity index (χ0v) is 21.6. The van der Waals surface area contributed by atoms with Crippen LogP contribution < -0.4 is 0 Å². The molecule has 0 aromatic heterocycles. The van der Waals surface area contributed by atoms with Gasteiger partial charge in [-0.2, -0.15) is 0 Å². The van der Waals surface area contributed by atoms with Crippen molar-refractivity contribution < 1.29 is 9.59 Å². The van der Waals surface area contributed by atoms with Gasteiger partial charge in [-0.25, -0.2) is 0 Å². The Hall–Kier alpha value is -1.72. The molecule has 0 aromatic rings. The highest BCUT2D eigenvalue weighted by atomic mass is 16.1. The Morgan fingerprint density at radius 3 is 1.62 bits per heavy atom. The van der Waals surface area contributed by atoms with E-state index in [0.29, 0.717) is 0 Å². The summed E-state index contributed by atoms with van der Waals surface area (Å²) in [4.78, 5) is 37.2. The van der Waals surface area contributed by atoms with E-state index < -0.39 is 0 Å². The molecule has 2 heterocycles. The largest absolute Gasteiger partial charge is 0.335 e. The second-order valence-corrected chi connectivity index (χ2v) is 12.1. The van der Waals surface area contributed by atoms with Crippen LogP contribution in [0, 0.1) is 6.92 Å². The third kappa shape index (κ3) is 5.99. The third-order valence-electron chi connectivity index (χ3n) is 7.14. The van der Waals surface area contributed by atoms with Crippen LogP contribution in [-0.2, 0) is 9.59 Å². The van der Waals surface area contributed by atoms with Gasteiger partial charge in [0.1, 0.15) is 6.21 Å². The summed E-state index contributed by atoms with van der Waals surface area (Å²) < 4.78 is 0. The van der Waals surface area contributed by atoms with Gasteiger partial charge in [0.25, 0.3) is 0 Å². The van der Waals surface area contributed by atoms with Crippen LogP contribution in [0.5, 0.6) is 0 Å². The number of aliphatic imine (C=N–C) groups is 2. The lowest BCUT2D eigenvalue weighted by Gasteiger charge is -2.53. The minimum absolute atomic E-state index is 0.103. The molecule has 0 unspecified atom stereocenters. The second kappa shape index (κ2) is 9.64. The number of nitrogens with zero attached hydrogens (tertiary/aromatic N) is 4. The molecule has 2 rings (SSSR count). The number of likely N-dealkylation sites (tertiary alicyclic amines) is 2. The second-order valence-electron chi connectivity index (χ2n) is 12.1. The highest BCUT2D eigenvalue weighted by Gasteiger charge is 2.45. The molecular weight excluding hydrogens is 400 g/mol. The van der Waals surface area contributed by atoms with E-state index in [4.69, 9.17) is 9.98 Å². The van der Waals surface area contributed by atoms with Crippen LogP contribution in [-0.4, -0.2) is 68.8 Å². The Kier molecular flexibility index (Phi) is 7.99. The first-order chi connectivity index (χ1) is 14.7. The Morgan fingerprint density at radius 1 is 0.844 bits per heavy atom. The van der Waals surface area contributed by atoms with Crippen molar-refractivity contribution in [2.75, 3.05) is 0 Å². The number of rotatable bonds is 8. The van der Waals surface area contributed by atoms with Gasteiger partial charge < -0.3 is 9.80 Å². The SMILES string of the molecule is [CH2]CCCC(/[C]=N/C1CC(C)(C)N(C=O)C(C)(C)C1)=NC1CC(C)(C)N(C=O)C(C)(C)C1. The van der Waals surface area contributed by atoms with Gasteiger partial charge >= 0.3 is 0 Å². The van der Waals surface area contributed by atoms with E-state index in [1.165, 1.54) is 0 Å². The van der Waals surface area contributed by atoms with Gasteiger partial charge in [0.2, 0.25) is 12.8 Å². The van der Waals surface area contributed by atoms with Crippen molar-refractivity contribution in [2.45, 2.75) is 135 Å². The topological polar surface area (TPSA) is 65.3 Å². The molecule has 2 radical (unpaired) electrons. The van der Waals surface area contributed by atoms with Crippen molar-refractivity contribution >= 4 is 24.7 Å². The molecule has 0 N–H and O–H groups in total. The maximum atomic E-state index is 11.7. The van der Waals surface area contributed by atoms with Crippen LogP contribution in [0.25, 0.3) is 0 Å². The van der Waals surface area contributed by atoms with Crippen molar-refractivity contribution in [1.29, 1.82) is 0 Å². The fourth-order valence-electron chi connectivity index (χ4n) is 6.06. The number of carbonyl (C=O) groups excluding carboxylic acids is 2. The fourth-order valence-corrected chi connectivity index (χ4v) is 6.06. The molecule has 2 amide bonds. The lowest BCUT2D eigenvalue weighted by atomic mass is 9.77. The molecule has 2 saturated heterocycles. The number of hydrogen-bond acceptors (Lipinski definition) is 4. The normalized spacial score (nSPS) is 25.8. The van der Waals surface area contributed by atoms with Gasteiger partial charge in [0.05, 0.1) is 17.8 Å². The van der Waals surface area contributed by atoms with Crippen LogP contribution in [0.2, 0.25) is 0 Å². The van der Waals surface area contributed by atoms with Crippen LogP contribution in [0.3, 0.4) is 0 Å². The Labute approximate surface area is 195 Å². The van der Waals surface area contributed by atoms with Crippen molar-refractivity contribution in [3.63, 3.8) is 0 Å². The number of carbonyl (C=O) groups is 2. The molecule has 6 nitrogen and oxygen atoms in total. The molecule has 180 valence electrons. The Morgan fingerprint density at radius 2 is 1.25 bits per heavy atom. The first-order valence-electron chi connectivity index (χ1n) is 12.0. The molecule has 6 heteroatoms. The average Bonchev–Trinajstić information content (AvgIpc) is 2.60. The molecule has 0 bridgehead atoms. The summed E-state index contributed by atoms with van der Waals surface area (Å²) in [5.41, 5.74) is -0.0956. The van der Waals surface area contributed by atoms with E-state index in [1.54, 1.807) is 0 Å². The minimum atomic E-state index is -0.250. The average molecular weight is 445 g/mol. The molecule has 2 aliphatic heterocycles. The van der Waals surface area contributed by atoms with Crippen molar-refractivity contribution in [3.05, 3.63) is 6.92 Å². The van der Waals surface area contributed by atoms with Gasteiger partial charge in [-0.3, -0.25) is 19.6 Å². The number of amides is 2. The summed E-state index contributed by atoms with van der Waals surface area (Å²) >= 11 is 0. The van der Waals surface area contributed by atoms with E-state index in [9.17, 15) is 9.59 Å². The summed E-state index contributed by atoms with van der Waals surface area (Å²) in [6.45, 7) is 20.9. The highest BCUT2D eigenvalue weighted by molar-refractivity contribution is 6.30. The molecular formula is C26H44N4O2. The number of hydrogen-bond donors (Lipinski definition) is 0. The minimum Gasteiger partial charge on any atom is -0.335 e. The fraction of sp³-hybridized carbons (Fsp3) is 0.808. The third-order valence-corrected chi connectivity index (χ3v) is 7.14. The van der Waals surface area contributed by atoms with E-state index in [2.05, 4.69) is 68.5 Å². The molecule has 0 aromatic carbocycles. The summed E-state index contributed by atoms with van der Waals surface area (Å²) in [7, 11) is 0. The van der Waals surface area contributed by atoms with Crippen LogP contribution in [0.1, 0.15) is 100 Å². The maximum Gasteiger partial charge on any atom is 0.210 e. The monoisotopic (exact) mass is 444 g/mol. The summed E-state index contributed by atoms with van der Waals surface area (Å²) in [5.74, 6) is 0. The number of piperidine rings is 2. The van der Waals surface area contributed by atoms with Crippen molar-refractivity contribution in [1.82, 2.24) is 9.80 Å². The van der Waals surface area contributed by atoms with Crippen LogP contribution in [0.15, 0.2) is 9.98 Å². The molecule has 0 saturated carbocycles. The first kappa shape index (κ1) is 26.5. The summed E-state index contributed by atoms with van der Waals surface area (Å²) in [5, 5.41) is 0. The van der Waals surface area contributed by atoms with E-state index in [0.717, 1.165) is 63.5 Å². The lowest BCUT2D eigenvalue weighted by molar-refractivity contribution is -0.136. The van der Waals surface area contributed by atoms with Crippen LogP contribution in [0.4, 0.5) is 0 Å².